The number of rotatable bonds is 4. The molecule has 1 N–H and O–H groups in total. The van der Waals surface area contributed by atoms with Gasteiger partial charge < -0.3 is 10.1 Å². The number of aromatic nitrogens is 1. The molecule has 1 aromatic heterocycles. The van der Waals surface area contributed by atoms with Crippen molar-refractivity contribution >= 4 is 6.09 Å². The second kappa shape index (κ2) is 8.49. The summed E-state index contributed by atoms with van der Waals surface area (Å²) in [5, 5.41) is 2.54. The Morgan fingerprint density at radius 1 is 1.17 bits per heavy atom. The van der Waals surface area contributed by atoms with Crippen molar-refractivity contribution in [2.75, 3.05) is 6.54 Å². The van der Waals surface area contributed by atoms with Gasteiger partial charge in [-0.05, 0) is 5.56 Å². The third-order valence-electron chi connectivity index (χ3n) is 2.73. The van der Waals surface area contributed by atoms with E-state index in [1.165, 1.54) is 0 Å². The molecule has 1 aromatic carbocycles. The van der Waals surface area contributed by atoms with Crippen LogP contribution < -0.4 is 5.32 Å². The predicted octanol–water partition coefficient (Wildman–Crippen LogP) is 3.03. The molecule has 0 spiro atoms. The number of nitrogens with one attached hydrogen (secondary N) is 1. The van der Waals surface area contributed by atoms with Crippen molar-refractivity contribution in [3.63, 3.8) is 0 Å². The first-order valence-electron chi connectivity index (χ1n) is 6.90. The van der Waals surface area contributed by atoms with Crippen molar-refractivity contribution in [1.29, 1.82) is 0 Å². The zero-order valence-corrected chi connectivity index (χ0v) is 12.2. The number of halogens is 2. The molecule has 2 aromatic rings. The van der Waals surface area contributed by atoms with Gasteiger partial charge in [-0.25, -0.2) is 4.79 Å². The van der Waals surface area contributed by atoms with Crippen molar-refractivity contribution < 1.29 is 18.3 Å². The molecular weight excluding hydrogens is 302 g/mol. The monoisotopic (exact) mass is 316 g/mol. The van der Waals surface area contributed by atoms with E-state index in [0.29, 0.717) is 6.42 Å². The number of pyridine rings is 1. The van der Waals surface area contributed by atoms with Gasteiger partial charge in [0.15, 0.2) is 0 Å². The van der Waals surface area contributed by atoms with E-state index >= 15 is 0 Å². The molecule has 0 unspecified atom stereocenters. The quantitative estimate of drug-likeness (QED) is 0.536. The van der Waals surface area contributed by atoms with Gasteiger partial charge in [0.1, 0.15) is 6.61 Å². The molecule has 0 saturated carbocycles. The molecule has 0 radical (unpaired) electrons. The van der Waals surface area contributed by atoms with Gasteiger partial charge in [-0.2, -0.15) is 13.8 Å². The number of amides is 1. The molecular formula is C17H14F2N2O2. The van der Waals surface area contributed by atoms with Crippen LogP contribution in [0.1, 0.15) is 17.5 Å². The number of nitrogens with zero attached hydrogens (tertiary/aromatic N) is 1. The fraction of sp³-hybridized carbons (Fsp3) is 0.176. The van der Waals surface area contributed by atoms with Gasteiger partial charge in [0, 0.05) is 30.7 Å². The van der Waals surface area contributed by atoms with Crippen LogP contribution in [-0.2, 0) is 11.3 Å². The number of carbonyl (C=O) groups is 1. The summed E-state index contributed by atoms with van der Waals surface area (Å²) in [5.41, 5.74) is 1.09. The van der Waals surface area contributed by atoms with E-state index in [4.69, 9.17) is 4.74 Å². The first kappa shape index (κ1) is 16.4. The smallest absolute Gasteiger partial charge is 0.407 e. The largest absolute Gasteiger partial charge is 0.445 e. The molecule has 4 nitrogen and oxygen atoms in total. The van der Waals surface area contributed by atoms with E-state index < -0.39 is 18.0 Å². The van der Waals surface area contributed by atoms with Crippen molar-refractivity contribution in [2.45, 2.75) is 13.0 Å². The molecule has 1 amide bonds. The van der Waals surface area contributed by atoms with Crippen molar-refractivity contribution in [1.82, 2.24) is 10.3 Å². The molecule has 1 heterocycles. The summed E-state index contributed by atoms with van der Waals surface area (Å²) in [6.07, 6.45) is -0.219. The summed E-state index contributed by atoms with van der Waals surface area (Å²) >= 11 is 0. The van der Waals surface area contributed by atoms with Crippen molar-refractivity contribution in [2.24, 2.45) is 0 Å². The van der Waals surface area contributed by atoms with E-state index in [1.807, 2.05) is 30.3 Å². The number of hydrogen-bond acceptors (Lipinski definition) is 3. The Labute approximate surface area is 132 Å². The SMILES string of the molecule is O=C(NCCC#Cc1cc(F)nc(F)c1)OCc1ccccc1. The first-order chi connectivity index (χ1) is 11.1. The van der Waals surface area contributed by atoms with E-state index in [1.54, 1.807) is 0 Å². The van der Waals surface area contributed by atoms with E-state index in [-0.39, 0.29) is 18.7 Å². The summed E-state index contributed by atoms with van der Waals surface area (Å²) in [6, 6.07) is 11.4. The highest BCUT2D eigenvalue weighted by molar-refractivity contribution is 5.67. The van der Waals surface area contributed by atoms with Gasteiger partial charge in [-0.1, -0.05) is 42.2 Å². The van der Waals surface area contributed by atoms with E-state index in [2.05, 4.69) is 22.1 Å². The lowest BCUT2D eigenvalue weighted by Gasteiger charge is -2.05. The van der Waals surface area contributed by atoms with Crippen LogP contribution >= 0.6 is 0 Å². The Kier molecular flexibility index (Phi) is 6.07. The standard InChI is InChI=1S/C17H14F2N2O2/c18-15-10-14(11-16(19)21-15)8-4-5-9-20-17(22)23-12-13-6-2-1-3-7-13/h1-3,6-7,10-11H,5,9,12H2,(H,20,22). The minimum absolute atomic E-state index is 0.188. The van der Waals surface area contributed by atoms with Gasteiger partial charge >= 0.3 is 6.09 Å². The van der Waals surface area contributed by atoms with Crippen molar-refractivity contribution in [3.8, 4) is 11.8 Å². The average Bonchev–Trinajstić information content (AvgIpc) is 2.53. The molecule has 0 aliphatic carbocycles. The fourth-order valence-corrected chi connectivity index (χ4v) is 1.70. The highest BCUT2D eigenvalue weighted by Crippen LogP contribution is 2.02. The van der Waals surface area contributed by atoms with Crippen LogP contribution in [0.15, 0.2) is 42.5 Å². The lowest BCUT2D eigenvalue weighted by molar-refractivity contribution is 0.140. The average molecular weight is 316 g/mol. The zero-order chi connectivity index (χ0) is 16.5. The second-order valence-corrected chi connectivity index (χ2v) is 4.54. The van der Waals surface area contributed by atoms with Crippen LogP contribution in [0.2, 0.25) is 0 Å². The molecule has 0 aliphatic rings. The molecule has 0 aliphatic heterocycles. The highest BCUT2D eigenvalue weighted by Gasteiger charge is 2.01. The number of benzene rings is 1. The molecule has 6 heteroatoms. The second-order valence-electron chi connectivity index (χ2n) is 4.54. The maximum absolute atomic E-state index is 12.8. The lowest BCUT2D eigenvalue weighted by atomic mass is 10.2. The maximum atomic E-state index is 12.8. The van der Waals surface area contributed by atoms with Gasteiger partial charge in [0.2, 0.25) is 11.9 Å². The predicted molar refractivity (Wildman–Crippen MR) is 80.3 cm³/mol. The summed E-state index contributed by atoms with van der Waals surface area (Å²) in [4.78, 5) is 14.4. The zero-order valence-electron chi connectivity index (χ0n) is 12.2. The van der Waals surface area contributed by atoms with Gasteiger partial charge in [0.05, 0.1) is 0 Å². The molecule has 118 valence electrons. The Balaban J connectivity index is 1.69. The van der Waals surface area contributed by atoms with Crippen molar-refractivity contribution in [3.05, 3.63) is 65.5 Å². The normalized spacial score (nSPS) is 9.65. The summed E-state index contributed by atoms with van der Waals surface area (Å²) in [7, 11) is 0. The number of hydrogen-bond donors (Lipinski definition) is 1. The van der Waals surface area contributed by atoms with Gasteiger partial charge in [-0.15, -0.1) is 0 Å². The molecule has 23 heavy (non-hydrogen) atoms. The molecule has 0 atom stereocenters. The summed E-state index contributed by atoms with van der Waals surface area (Å²) in [5.74, 6) is 3.46. The topological polar surface area (TPSA) is 51.2 Å². The molecule has 0 fully saturated rings. The lowest BCUT2D eigenvalue weighted by Crippen LogP contribution is -2.24. The molecule has 2 rings (SSSR count). The maximum Gasteiger partial charge on any atom is 0.407 e. The van der Waals surface area contributed by atoms with Crippen LogP contribution in [0.25, 0.3) is 0 Å². The fourth-order valence-electron chi connectivity index (χ4n) is 1.70. The Bertz CT molecular complexity index is 704. The molecule has 0 bridgehead atoms. The molecule has 0 saturated heterocycles. The third-order valence-corrected chi connectivity index (χ3v) is 2.73. The Hall–Kier alpha value is -2.94. The van der Waals surface area contributed by atoms with Gasteiger partial charge in [0.25, 0.3) is 0 Å². The minimum atomic E-state index is -0.920. The number of alkyl carbamates (subject to hydrolysis) is 1. The Morgan fingerprint density at radius 2 is 1.87 bits per heavy atom. The first-order valence-corrected chi connectivity index (χ1v) is 6.90. The Morgan fingerprint density at radius 3 is 2.57 bits per heavy atom. The van der Waals surface area contributed by atoms with E-state index in [0.717, 1.165) is 17.7 Å². The van der Waals surface area contributed by atoms with Crippen LogP contribution in [-0.4, -0.2) is 17.6 Å². The number of ether oxygens (including phenoxy) is 1. The third kappa shape index (κ3) is 6.14. The number of carbonyl (C=O) groups excluding carboxylic acids is 1. The van der Waals surface area contributed by atoms with E-state index in [9.17, 15) is 13.6 Å². The minimum Gasteiger partial charge on any atom is -0.445 e. The van der Waals surface area contributed by atoms with Crippen LogP contribution in [0.4, 0.5) is 13.6 Å². The summed E-state index contributed by atoms with van der Waals surface area (Å²) in [6.45, 7) is 0.463. The highest BCUT2D eigenvalue weighted by atomic mass is 19.1. The van der Waals surface area contributed by atoms with Crippen LogP contribution in [0.3, 0.4) is 0 Å². The van der Waals surface area contributed by atoms with Crippen LogP contribution in [0.5, 0.6) is 0 Å². The summed E-state index contributed by atoms with van der Waals surface area (Å²) < 4.78 is 30.7. The van der Waals surface area contributed by atoms with Gasteiger partial charge in [-0.3, -0.25) is 0 Å². The van der Waals surface area contributed by atoms with Crippen LogP contribution in [0, 0.1) is 23.7 Å².